The Hall–Kier alpha value is -1.23. The van der Waals surface area contributed by atoms with E-state index in [2.05, 4.69) is 0 Å². The lowest BCUT2D eigenvalue weighted by Gasteiger charge is -2.37. The zero-order valence-corrected chi connectivity index (χ0v) is 16.5. The summed E-state index contributed by atoms with van der Waals surface area (Å²) in [6, 6.07) is 19.1. The first-order valence-corrected chi connectivity index (χ1v) is 11.5. The summed E-state index contributed by atoms with van der Waals surface area (Å²) < 4.78 is 31.6. The van der Waals surface area contributed by atoms with Crippen molar-refractivity contribution >= 4 is 26.6 Å². The molecule has 0 saturated carbocycles. The van der Waals surface area contributed by atoms with E-state index in [0.717, 1.165) is 10.6 Å². The Labute approximate surface area is 145 Å². The average Bonchev–Trinajstić information content (AvgIpc) is 2.67. The fourth-order valence-corrected chi connectivity index (χ4v) is 11.4. The van der Waals surface area contributed by atoms with Crippen LogP contribution in [0.5, 0.6) is 0 Å². The van der Waals surface area contributed by atoms with Gasteiger partial charge in [0.2, 0.25) is 0 Å². The van der Waals surface area contributed by atoms with Crippen LogP contribution < -0.4 is 10.6 Å². The highest BCUT2D eigenvalue weighted by Gasteiger charge is 2.56. The number of rotatable bonds is 8. The Bertz CT molecular complexity index is 622. The van der Waals surface area contributed by atoms with Crippen LogP contribution in [0.2, 0.25) is 0 Å². The van der Waals surface area contributed by atoms with E-state index in [4.69, 9.17) is 13.3 Å². The molecule has 0 N–H and O–H groups in total. The molecule has 4 nitrogen and oxygen atoms in total. The van der Waals surface area contributed by atoms with Gasteiger partial charge in [-0.1, -0.05) is 67.6 Å². The van der Waals surface area contributed by atoms with E-state index in [-0.39, 0.29) is 5.28 Å². The Morgan fingerprint density at radius 2 is 1.21 bits per heavy atom. The van der Waals surface area contributed by atoms with Crippen molar-refractivity contribution in [2.24, 2.45) is 0 Å². The van der Waals surface area contributed by atoms with E-state index >= 15 is 0 Å². The summed E-state index contributed by atoms with van der Waals surface area (Å²) >= 11 is 0. The molecule has 0 radical (unpaired) electrons. The normalized spacial score (nSPS) is 13.7. The van der Waals surface area contributed by atoms with Crippen LogP contribution >= 0.6 is 7.14 Å². The fourth-order valence-electron chi connectivity index (χ4n) is 3.20. The molecular formula is C18H25O4PSi. The maximum absolute atomic E-state index is 14.5. The quantitative estimate of drug-likeness (QED) is 0.533. The first kappa shape index (κ1) is 19.1. The van der Waals surface area contributed by atoms with Crippen LogP contribution in [-0.4, -0.2) is 35.4 Å². The van der Waals surface area contributed by atoms with Gasteiger partial charge in [0.1, 0.15) is 0 Å². The fraction of sp³-hybridized carbons (Fsp3) is 0.333. The maximum atomic E-state index is 14.5. The number of hydrogen-bond donors (Lipinski definition) is 0. The predicted octanol–water partition coefficient (Wildman–Crippen LogP) is 3.20. The summed E-state index contributed by atoms with van der Waals surface area (Å²) in [4.78, 5) is 0. The van der Waals surface area contributed by atoms with Crippen LogP contribution in [0, 0.1) is 0 Å². The second kappa shape index (κ2) is 8.23. The van der Waals surface area contributed by atoms with Crippen LogP contribution in [0.4, 0.5) is 0 Å². The highest BCUT2D eigenvalue weighted by atomic mass is 31.2. The molecule has 0 aliphatic heterocycles. The van der Waals surface area contributed by atoms with Crippen molar-refractivity contribution in [3.05, 3.63) is 60.7 Å². The minimum Gasteiger partial charge on any atom is -0.376 e. The summed E-state index contributed by atoms with van der Waals surface area (Å²) in [6.07, 6.45) is 0.628. The lowest BCUT2D eigenvalue weighted by molar-refractivity contribution is 0.120. The monoisotopic (exact) mass is 364 g/mol. The van der Waals surface area contributed by atoms with Crippen molar-refractivity contribution in [2.45, 2.75) is 18.6 Å². The van der Waals surface area contributed by atoms with Crippen LogP contribution in [0.1, 0.15) is 13.3 Å². The molecule has 0 aromatic heterocycles. The van der Waals surface area contributed by atoms with Crippen molar-refractivity contribution in [3.63, 3.8) is 0 Å². The second-order valence-corrected chi connectivity index (χ2v) is 12.1. The van der Waals surface area contributed by atoms with E-state index in [1.54, 1.807) is 21.3 Å². The molecule has 1 atom stereocenters. The highest BCUT2D eigenvalue weighted by Crippen LogP contribution is 2.53. The molecule has 0 aliphatic rings. The molecule has 24 heavy (non-hydrogen) atoms. The van der Waals surface area contributed by atoms with Gasteiger partial charge in [0.15, 0.2) is 7.14 Å². The largest absolute Gasteiger partial charge is 0.511 e. The summed E-state index contributed by atoms with van der Waals surface area (Å²) in [5, 5.41) is 1.24. The molecule has 0 fully saturated rings. The maximum Gasteiger partial charge on any atom is 0.511 e. The van der Waals surface area contributed by atoms with E-state index in [1.165, 1.54) is 0 Å². The molecule has 0 aliphatic carbocycles. The van der Waals surface area contributed by atoms with Gasteiger partial charge in [-0.05, 0) is 6.42 Å². The Morgan fingerprint density at radius 3 is 1.50 bits per heavy atom. The molecule has 1 unspecified atom stereocenters. The first-order valence-electron chi connectivity index (χ1n) is 7.95. The first-order chi connectivity index (χ1) is 11.6. The topological polar surface area (TPSA) is 44.8 Å². The van der Waals surface area contributed by atoms with Gasteiger partial charge in [-0.15, -0.1) is 0 Å². The van der Waals surface area contributed by atoms with Gasteiger partial charge < -0.3 is 17.8 Å². The minimum absolute atomic E-state index is 0.352. The number of hydrogen-bond acceptors (Lipinski definition) is 4. The summed E-state index contributed by atoms with van der Waals surface area (Å²) in [5.74, 6) is 0. The third-order valence-electron chi connectivity index (χ3n) is 4.37. The zero-order chi connectivity index (χ0) is 17.6. The number of benzene rings is 2. The lowest BCUT2D eigenvalue weighted by atomic mass is 10.4. The smallest absolute Gasteiger partial charge is 0.376 e. The van der Waals surface area contributed by atoms with Crippen LogP contribution in [0.25, 0.3) is 0 Å². The molecule has 2 aromatic rings. The molecule has 0 amide bonds. The van der Waals surface area contributed by atoms with Crippen molar-refractivity contribution < 1.29 is 17.8 Å². The zero-order valence-electron chi connectivity index (χ0n) is 14.6. The molecule has 0 bridgehead atoms. The van der Waals surface area contributed by atoms with Crippen LogP contribution in [0.15, 0.2) is 60.7 Å². The lowest BCUT2D eigenvalue weighted by Crippen LogP contribution is -2.56. The SMILES string of the molecule is CCC([Si](OC)(OC)OC)P(=O)(c1ccccc1)c1ccccc1. The van der Waals surface area contributed by atoms with Gasteiger partial charge in [-0.2, -0.15) is 0 Å². The third-order valence-corrected chi connectivity index (χ3v) is 12.7. The van der Waals surface area contributed by atoms with Gasteiger partial charge in [0.05, 0.1) is 5.28 Å². The van der Waals surface area contributed by atoms with Gasteiger partial charge in [-0.3, -0.25) is 0 Å². The van der Waals surface area contributed by atoms with E-state index < -0.39 is 15.9 Å². The molecule has 0 heterocycles. The Morgan fingerprint density at radius 1 is 0.833 bits per heavy atom. The van der Waals surface area contributed by atoms with E-state index in [0.29, 0.717) is 6.42 Å². The second-order valence-electron chi connectivity index (χ2n) is 5.47. The van der Waals surface area contributed by atoms with E-state index in [9.17, 15) is 4.57 Å². The van der Waals surface area contributed by atoms with Gasteiger partial charge >= 0.3 is 8.80 Å². The molecule has 2 aromatic carbocycles. The predicted molar refractivity (Wildman–Crippen MR) is 101 cm³/mol. The van der Waals surface area contributed by atoms with Gasteiger partial charge in [0.25, 0.3) is 0 Å². The Balaban J connectivity index is 2.73. The third kappa shape index (κ3) is 3.28. The van der Waals surface area contributed by atoms with Crippen molar-refractivity contribution in [1.82, 2.24) is 0 Å². The van der Waals surface area contributed by atoms with Crippen molar-refractivity contribution in [3.8, 4) is 0 Å². The van der Waals surface area contributed by atoms with Crippen LogP contribution in [0.3, 0.4) is 0 Å². The highest BCUT2D eigenvalue weighted by molar-refractivity contribution is 7.81. The molecule has 0 spiro atoms. The van der Waals surface area contributed by atoms with Crippen LogP contribution in [-0.2, 0) is 17.8 Å². The molecular weight excluding hydrogens is 339 g/mol. The molecule has 0 saturated heterocycles. The summed E-state index contributed by atoms with van der Waals surface area (Å²) in [7, 11) is -1.41. The van der Waals surface area contributed by atoms with Crippen molar-refractivity contribution in [2.75, 3.05) is 21.3 Å². The van der Waals surface area contributed by atoms with Gasteiger partial charge in [0, 0.05) is 31.9 Å². The minimum atomic E-state index is -3.11. The van der Waals surface area contributed by atoms with E-state index in [1.807, 2.05) is 67.6 Å². The molecule has 2 rings (SSSR count). The molecule has 6 heteroatoms. The molecule has 130 valence electrons. The standard InChI is InChI=1S/C18H25O4PSi/c1-5-18(24(20-2,21-3)22-4)23(19,16-12-8-6-9-13-16)17-14-10-7-11-15-17/h6-15,18H,5H2,1-4H3. The Kier molecular flexibility index (Phi) is 6.55. The van der Waals surface area contributed by atoms with Gasteiger partial charge in [-0.25, -0.2) is 0 Å². The summed E-state index contributed by atoms with van der Waals surface area (Å²) in [5.41, 5.74) is 0. The average molecular weight is 364 g/mol. The summed E-state index contributed by atoms with van der Waals surface area (Å²) in [6.45, 7) is 2.00. The van der Waals surface area contributed by atoms with Crippen molar-refractivity contribution in [1.29, 1.82) is 0 Å².